The number of ether oxygens (including phenoxy) is 1. The molecule has 1 aliphatic heterocycles. The lowest BCUT2D eigenvalue weighted by Gasteiger charge is -2.31. The van der Waals surface area contributed by atoms with E-state index >= 15 is 0 Å². The molecular weight excluding hydrogens is 256 g/mol. The Balaban J connectivity index is 2.33. The Morgan fingerprint density at radius 2 is 2.25 bits per heavy atom. The molecule has 2 heterocycles. The number of nitriles is 1. The van der Waals surface area contributed by atoms with Gasteiger partial charge in [0.05, 0.1) is 19.2 Å². The van der Waals surface area contributed by atoms with E-state index in [4.69, 9.17) is 15.8 Å². The molecule has 1 aromatic rings. The van der Waals surface area contributed by atoms with Crippen molar-refractivity contribution in [3.63, 3.8) is 0 Å². The number of rotatable bonds is 2. The highest BCUT2D eigenvalue weighted by molar-refractivity contribution is 5.50. The lowest BCUT2D eigenvalue weighted by molar-refractivity contribution is 0.0761. The van der Waals surface area contributed by atoms with Crippen LogP contribution in [0.5, 0.6) is 0 Å². The molecule has 1 aromatic heterocycles. The van der Waals surface area contributed by atoms with Gasteiger partial charge in [-0.25, -0.2) is 15.8 Å². The molecule has 1 unspecified atom stereocenters. The number of hydrazine groups is 1. The molecular formula is C13H20N6O. The third-order valence-corrected chi connectivity index (χ3v) is 3.07. The number of nitrogen functional groups attached to an aromatic ring is 1. The van der Waals surface area contributed by atoms with Crippen molar-refractivity contribution >= 4 is 11.6 Å². The van der Waals surface area contributed by atoms with Gasteiger partial charge in [-0.15, -0.1) is 0 Å². The van der Waals surface area contributed by atoms with Crippen LogP contribution in [0.25, 0.3) is 0 Å². The predicted molar refractivity (Wildman–Crippen MR) is 76.1 cm³/mol. The SMILES string of the molecule is CC(C)(C)c1nc(NN)cc(N2CCOC(C#N)C2)n1. The van der Waals surface area contributed by atoms with Crippen LogP contribution < -0.4 is 16.2 Å². The van der Waals surface area contributed by atoms with Crippen LogP contribution in [0, 0.1) is 11.3 Å². The first-order chi connectivity index (χ1) is 9.44. The monoisotopic (exact) mass is 276 g/mol. The summed E-state index contributed by atoms with van der Waals surface area (Å²) in [5.74, 6) is 7.52. The lowest BCUT2D eigenvalue weighted by Crippen LogP contribution is -2.42. The molecule has 2 rings (SSSR count). The quantitative estimate of drug-likeness (QED) is 0.608. The average Bonchev–Trinajstić information content (AvgIpc) is 2.46. The summed E-state index contributed by atoms with van der Waals surface area (Å²) in [6.07, 6.45) is -0.425. The second-order valence-electron chi connectivity index (χ2n) is 5.76. The van der Waals surface area contributed by atoms with Crippen LogP contribution in [0.1, 0.15) is 26.6 Å². The van der Waals surface area contributed by atoms with E-state index in [1.54, 1.807) is 6.07 Å². The van der Waals surface area contributed by atoms with Crippen LogP contribution in [0.3, 0.4) is 0 Å². The summed E-state index contributed by atoms with van der Waals surface area (Å²) in [6, 6.07) is 3.92. The van der Waals surface area contributed by atoms with Crippen LogP contribution in [-0.2, 0) is 10.2 Å². The van der Waals surface area contributed by atoms with E-state index in [1.807, 2.05) is 25.7 Å². The molecule has 0 radical (unpaired) electrons. The van der Waals surface area contributed by atoms with Gasteiger partial charge in [0.15, 0.2) is 6.10 Å². The first kappa shape index (κ1) is 14.5. The van der Waals surface area contributed by atoms with Gasteiger partial charge < -0.3 is 15.1 Å². The maximum Gasteiger partial charge on any atom is 0.161 e. The predicted octanol–water partition coefficient (Wildman–Crippen LogP) is 0.788. The Labute approximate surface area is 118 Å². The first-order valence-electron chi connectivity index (χ1n) is 6.56. The minimum Gasteiger partial charge on any atom is -0.360 e. The van der Waals surface area contributed by atoms with Crippen molar-refractivity contribution in [1.29, 1.82) is 5.26 Å². The van der Waals surface area contributed by atoms with E-state index in [9.17, 15) is 0 Å². The van der Waals surface area contributed by atoms with Crippen molar-refractivity contribution in [2.24, 2.45) is 5.84 Å². The van der Waals surface area contributed by atoms with Gasteiger partial charge in [-0.2, -0.15) is 5.26 Å². The third kappa shape index (κ3) is 3.15. The minimum absolute atomic E-state index is 0.178. The van der Waals surface area contributed by atoms with Crippen molar-refractivity contribution < 1.29 is 4.74 Å². The number of nitrogens with zero attached hydrogens (tertiary/aromatic N) is 4. The van der Waals surface area contributed by atoms with E-state index in [0.717, 1.165) is 5.82 Å². The zero-order valence-corrected chi connectivity index (χ0v) is 12.1. The second kappa shape index (κ2) is 5.61. The second-order valence-corrected chi connectivity index (χ2v) is 5.76. The lowest BCUT2D eigenvalue weighted by atomic mass is 9.96. The number of anilines is 2. The van der Waals surface area contributed by atoms with Gasteiger partial charge >= 0.3 is 0 Å². The highest BCUT2D eigenvalue weighted by Gasteiger charge is 2.24. The molecule has 0 bridgehead atoms. The van der Waals surface area contributed by atoms with Gasteiger partial charge in [0.1, 0.15) is 17.5 Å². The molecule has 1 atom stereocenters. The highest BCUT2D eigenvalue weighted by atomic mass is 16.5. The smallest absolute Gasteiger partial charge is 0.161 e. The summed E-state index contributed by atoms with van der Waals surface area (Å²) in [7, 11) is 0. The van der Waals surface area contributed by atoms with E-state index < -0.39 is 6.10 Å². The number of nitrogens with two attached hydrogens (primary N) is 1. The van der Waals surface area contributed by atoms with E-state index in [2.05, 4.69) is 21.5 Å². The Hall–Kier alpha value is -1.91. The van der Waals surface area contributed by atoms with Crippen molar-refractivity contribution in [3.8, 4) is 6.07 Å². The summed E-state index contributed by atoms with van der Waals surface area (Å²) in [6.45, 7) is 7.85. The number of aromatic nitrogens is 2. The summed E-state index contributed by atoms with van der Waals surface area (Å²) in [4.78, 5) is 11.0. The molecule has 3 N–H and O–H groups in total. The van der Waals surface area contributed by atoms with E-state index in [0.29, 0.717) is 31.3 Å². The molecule has 7 heteroatoms. The van der Waals surface area contributed by atoms with Gasteiger partial charge in [-0.05, 0) is 0 Å². The van der Waals surface area contributed by atoms with Gasteiger partial charge in [-0.3, -0.25) is 0 Å². The van der Waals surface area contributed by atoms with E-state index in [1.165, 1.54) is 0 Å². The number of nitrogens with one attached hydrogen (secondary N) is 1. The molecule has 0 saturated carbocycles. The molecule has 1 aliphatic rings. The third-order valence-electron chi connectivity index (χ3n) is 3.07. The summed E-state index contributed by atoms with van der Waals surface area (Å²) in [5.41, 5.74) is 2.39. The standard InChI is InChI=1S/C13H20N6O/c1-13(2,3)12-16-10(18-15)6-11(17-12)19-4-5-20-9(7-14)8-19/h6,9H,4-5,8,15H2,1-3H3,(H,16,17,18). The number of hydrogen-bond donors (Lipinski definition) is 2. The molecule has 0 aliphatic carbocycles. The van der Waals surface area contributed by atoms with Gasteiger partial charge in [0.25, 0.3) is 0 Å². The zero-order chi connectivity index (χ0) is 14.8. The molecule has 7 nitrogen and oxygen atoms in total. The summed E-state index contributed by atoms with van der Waals surface area (Å²) >= 11 is 0. The minimum atomic E-state index is -0.425. The molecule has 0 amide bonds. The largest absolute Gasteiger partial charge is 0.360 e. The summed E-state index contributed by atoms with van der Waals surface area (Å²) < 4.78 is 5.35. The fourth-order valence-electron chi connectivity index (χ4n) is 1.94. The zero-order valence-electron chi connectivity index (χ0n) is 12.1. The molecule has 108 valence electrons. The topological polar surface area (TPSA) is 100 Å². The van der Waals surface area contributed by atoms with Gasteiger partial charge in [0, 0.05) is 18.0 Å². The number of hydrogen-bond acceptors (Lipinski definition) is 7. The Kier molecular flexibility index (Phi) is 4.06. The van der Waals surface area contributed by atoms with Crippen LogP contribution in [0.4, 0.5) is 11.6 Å². The van der Waals surface area contributed by atoms with Crippen molar-refractivity contribution in [3.05, 3.63) is 11.9 Å². The van der Waals surface area contributed by atoms with Crippen LogP contribution in [0.2, 0.25) is 0 Å². The molecule has 0 aromatic carbocycles. The molecule has 1 saturated heterocycles. The van der Waals surface area contributed by atoms with Crippen LogP contribution in [0.15, 0.2) is 6.07 Å². The van der Waals surface area contributed by atoms with Crippen LogP contribution >= 0.6 is 0 Å². The Morgan fingerprint density at radius 1 is 1.50 bits per heavy atom. The average molecular weight is 276 g/mol. The van der Waals surface area contributed by atoms with E-state index in [-0.39, 0.29) is 5.41 Å². The fourth-order valence-corrected chi connectivity index (χ4v) is 1.94. The van der Waals surface area contributed by atoms with Gasteiger partial charge in [-0.1, -0.05) is 20.8 Å². The first-order valence-corrected chi connectivity index (χ1v) is 6.56. The summed E-state index contributed by atoms with van der Waals surface area (Å²) in [5, 5.41) is 8.97. The van der Waals surface area contributed by atoms with Gasteiger partial charge in [0.2, 0.25) is 0 Å². The molecule has 20 heavy (non-hydrogen) atoms. The molecule has 1 fully saturated rings. The molecule has 0 spiro atoms. The maximum atomic E-state index is 8.97. The van der Waals surface area contributed by atoms with Crippen molar-refractivity contribution in [2.45, 2.75) is 32.3 Å². The highest BCUT2D eigenvalue weighted by Crippen LogP contribution is 2.24. The Bertz CT molecular complexity index is 519. The number of morpholine rings is 1. The van der Waals surface area contributed by atoms with Crippen molar-refractivity contribution in [2.75, 3.05) is 30.0 Å². The maximum absolute atomic E-state index is 8.97. The Morgan fingerprint density at radius 3 is 2.85 bits per heavy atom. The fraction of sp³-hybridized carbons (Fsp3) is 0.615. The van der Waals surface area contributed by atoms with Crippen molar-refractivity contribution in [1.82, 2.24) is 9.97 Å². The normalized spacial score (nSPS) is 19.6. The van der Waals surface area contributed by atoms with Crippen LogP contribution in [-0.4, -0.2) is 35.8 Å².